The zero-order valence-corrected chi connectivity index (χ0v) is 24.1. The second-order valence-corrected chi connectivity index (χ2v) is 11.8. The van der Waals surface area contributed by atoms with Crippen molar-refractivity contribution < 1.29 is 14.3 Å². The van der Waals surface area contributed by atoms with Crippen LogP contribution in [0.1, 0.15) is 53.7 Å². The first-order chi connectivity index (χ1) is 20.1. The predicted molar refractivity (Wildman–Crippen MR) is 164 cm³/mol. The molecule has 0 bridgehead atoms. The Balaban J connectivity index is 1.19. The van der Waals surface area contributed by atoms with E-state index in [1.165, 1.54) is 24.0 Å². The van der Waals surface area contributed by atoms with Gasteiger partial charge < -0.3 is 19.4 Å². The minimum absolute atomic E-state index is 0.115. The number of ether oxygens (including phenoxy) is 2. The summed E-state index contributed by atoms with van der Waals surface area (Å²) in [5.74, 6) is 2.02. The standard InChI is InChI=1S/C35H41N3O3/c1-40-30-15-13-27(14-16-30)25-37-22-23-41-33-12-5-3-8-28(33)9-6-7-17-35(26-37)18-20-38(21-19-35)34(39)32-24-29-10-2-4-11-31(29)36-32/h2-5,8,10-16,24,36H,6-7,9,17-23,25-26H2,1H3. The van der Waals surface area contributed by atoms with Gasteiger partial charge in [0, 0.05) is 43.6 Å². The van der Waals surface area contributed by atoms with E-state index in [4.69, 9.17) is 9.47 Å². The number of methoxy groups -OCH3 is 1. The summed E-state index contributed by atoms with van der Waals surface area (Å²) >= 11 is 0. The van der Waals surface area contributed by atoms with Crippen LogP contribution in [0.4, 0.5) is 0 Å². The van der Waals surface area contributed by atoms with Crippen LogP contribution in [0.3, 0.4) is 0 Å². The SMILES string of the molecule is COc1ccc(CN2CCOc3ccccc3CCCCC3(CCN(C(=O)c4cc5ccccc5[nH]4)CC3)C2)cc1. The lowest BCUT2D eigenvalue weighted by atomic mass is 9.73. The summed E-state index contributed by atoms with van der Waals surface area (Å²) in [5.41, 5.74) is 4.48. The molecular weight excluding hydrogens is 510 g/mol. The van der Waals surface area contributed by atoms with Gasteiger partial charge in [0.2, 0.25) is 0 Å². The molecule has 1 aromatic heterocycles. The number of nitrogens with one attached hydrogen (secondary N) is 1. The molecule has 2 aliphatic rings. The highest BCUT2D eigenvalue weighted by Gasteiger charge is 2.37. The van der Waals surface area contributed by atoms with Crippen LogP contribution in [0.25, 0.3) is 10.9 Å². The Kier molecular flexibility index (Phi) is 8.28. The summed E-state index contributed by atoms with van der Waals surface area (Å²) in [6.07, 6.45) is 6.61. The highest BCUT2D eigenvalue weighted by atomic mass is 16.5. The zero-order chi connectivity index (χ0) is 28.1. The van der Waals surface area contributed by atoms with Gasteiger partial charge in [-0.3, -0.25) is 9.69 Å². The number of amides is 1. The Morgan fingerprint density at radius 1 is 0.927 bits per heavy atom. The molecule has 4 aromatic rings. The fourth-order valence-corrected chi connectivity index (χ4v) is 6.66. The van der Waals surface area contributed by atoms with Crippen molar-refractivity contribution in [3.05, 3.63) is 95.7 Å². The Morgan fingerprint density at radius 3 is 2.51 bits per heavy atom. The van der Waals surface area contributed by atoms with Crippen molar-refractivity contribution in [1.29, 1.82) is 0 Å². The van der Waals surface area contributed by atoms with Gasteiger partial charge >= 0.3 is 0 Å². The number of benzene rings is 3. The van der Waals surface area contributed by atoms with Gasteiger partial charge in [-0.15, -0.1) is 0 Å². The number of aromatic amines is 1. The van der Waals surface area contributed by atoms with E-state index in [1.807, 2.05) is 36.4 Å². The van der Waals surface area contributed by atoms with E-state index in [9.17, 15) is 4.79 Å². The zero-order valence-electron chi connectivity index (χ0n) is 24.1. The maximum absolute atomic E-state index is 13.5. The number of hydrogen-bond acceptors (Lipinski definition) is 4. The Bertz CT molecular complexity index is 1420. The van der Waals surface area contributed by atoms with Crippen molar-refractivity contribution in [2.75, 3.05) is 39.9 Å². The fraction of sp³-hybridized carbons (Fsp3) is 0.400. The first-order valence-corrected chi connectivity index (χ1v) is 15.0. The van der Waals surface area contributed by atoms with Gasteiger partial charge in [0.1, 0.15) is 23.8 Å². The second kappa shape index (κ2) is 12.4. The van der Waals surface area contributed by atoms with Crippen molar-refractivity contribution in [3.63, 3.8) is 0 Å². The van der Waals surface area contributed by atoms with Crippen LogP contribution in [0.5, 0.6) is 11.5 Å². The maximum Gasteiger partial charge on any atom is 0.270 e. The van der Waals surface area contributed by atoms with Gasteiger partial charge in [0.15, 0.2) is 0 Å². The van der Waals surface area contributed by atoms with Gasteiger partial charge in [0.05, 0.1) is 7.11 Å². The van der Waals surface area contributed by atoms with Gasteiger partial charge in [-0.25, -0.2) is 0 Å². The second-order valence-electron chi connectivity index (χ2n) is 11.8. The average Bonchev–Trinajstić information content (AvgIpc) is 3.44. The van der Waals surface area contributed by atoms with Gasteiger partial charge in [-0.1, -0.05) is 55.0 Å². The molecule has 1 fully saturated rings. The summed E-state index contributed by atoms with van der Waals surface area (Å²) < 4.78 is 11.7. The average molecular weight is 552 g/mol. The minimum atomic E-state index is 0.115. The lowest BCUT2D eigenvalue weighted by Crippen LogP contribution is -2.48. The van der Waals surface area contributed by atoms with Crippen LogP contribution >= 0.6 is 0 Å². The number of hydrogen-bond donors (Lipinski definition) is 1. The Hall–Kier alpha value is -3.77. The number of carbonyl (C=O) groups is 1. The van der Waals surface area contributed by atoms with Crippen LogP contribution < -0.4 is 9.47 Å². The molecule has 2 aliphatic heterocycles. The number of H-pyrrole nitrogens is 1. The van der Waals surface area contributed by atoms with E-state index in [2.05, 4.69) is 57.2 Å². The number of carbonyl (C=O) groups excluding carboxylic acids is 1. The van der Waals surface area contributed by atoms with Crippen molar-refractivity contribution >= 4 is 16.8 Å². The Labute approximate surface area is 243 Å². The molecule has 1 N–H and O–H groups in total. The van der Waals surface area contributed by atoms with Gasteiger partial charge in [-0.05, 0) is 79.0 Å². The number of aryl methyl sites for hydroxylation is 1. The van der Waals surface area contributed by atoms with Gasteiger partial charge in [-0.2, -0.15) is 0 Å². The molecule has 1 spiro atoms. The molecule has 214 valence electrons. The molecule has 0 saturated carbocycles. The topological polar surface area (TPSA) is 57.8 Å². The molecule has 0 aliphatic carbocycles. The molecule has 0 radical (unpaired) electrons. The smallest absolute Gasteiger partial charge is 0.270 e. The number of likely N-dealkylation sites (tertiary alicyclic amines) is 1. The molecule has 6 nitrogen and oxygen atoms in total. The number of piperidine rings is 1. The Morgan fingerprint density at radius 2 is 1.71 bits per heavy atom. The molecule has 3 aromatic carbocycles. The monoisotopic (exact) mass is 551 g/mol. The van der Waals surface area contributed by atoms with E-state index in [-0.39, 0.29) is 11.3 Å². The summed E-state index contributed by atoms with van der Waals surface area (Å²) in [5, 5.41) is 1.08. The molecule has 1 saturated heterocycles. The van der Waals surface area contributed by atoms with E-state index in [1.54, 1.807) is 7.11 Å². The van der Waals surface area contributed by atoms with E-state index in [0.717, 1.165) is 80.8 Å². The molecule has 3 heterocycles. The number of nitrogens with zero attached hydrogens (tertiary/aromatic N) is 2. The van der Waals surface area contributed by atoms with Crippen LogP contribution in [-0.2, 0) is 13.0 Å². The van der Waals surface area contributed by atoms with E-state index >= 15 is 0 Å². The molecule has 6 rings (SSSR count). The first-order valence-electron chi connectivity index (χ1n) is 15.0. The van der Waals surface area contributed by atoms with Crippen LogP contribution in [0.2, 0.25) is 0 Å². The first kappa shape index (κ1) is 27.4. The highest BCUT2D eigenvalue weighted by Crippen LogP contribution is 2.39. The fourth-order valence-electron chi connectivity index (χ4n) is 6.66. The number of para-hydroxylation sites is 2. The minimum Gasteiger partial charge on any atom is -0.497 e. The number of aromatic nitrogens is 1. The molecular formula is C35H41N3O3. The quantitative estimate of drug-likeness (QED) is 0.306. The summed E-state index contributed by atoms with van der Waals surface area (Å²) in [6, 6.07) is 27.0. The molecule has 6 heteroatoms. The summed E-state index contributed by atoms with van der Waals surface area (Å²) in [4.78, 5) is 21.4. The van der Waals surface area contributed by atoms with E-state index < -0.39 is 0 Å². The van der Waals surface area contributed by atoms with Crippen LogP contribution in [0.15, 0.2) is 78.9 Å². The predicted octanol–water partition coefficient (Wildman–Crippen LogP) is 6.71. The third-order valence-corrected chi connectivity index (χ3v) is 9.04. The molecule has 0 atom stereocenters. The summed E-state index contributed by atoms with van der Waals surface area (Å²) in [7, 11) is 1.71. The van der Waals surface area contributed by atoms with Crippen molar-refractivity contribution in [2.24, 2.45) is 5.41 Å². The molecule has 0 unspecified atom stereocenters. The van der Waals surface area contributed by atoms with Crippen LogP contribution in [0, 0.1) is 5.41 Å². The summed E-state index contributed by atoms with van der Waals surface area (Å²) in [6.45, 7) is 4.99. The molecule has 1 amide bonds. The van der Waals surface area contributed by atoms with Crippen molar-refractivity contribution in [3.8, 4) is 11.5 Å². The third-order valence-electron chi connectivity index (χ3n) is 9.04. The third kappa shape index (κ3) is 6.43. The van der Waals surface area contributed by atoms with E-state index in [0.29, 0.717) is 12.3 Å². The van der Waals surface area contributed by atoms with Crippen LogP contribution in [-0.4, -0.2) is 60.6 Å². The van der Waals surface area contributed by atoms with Crippen molar-refractivity contribution in [2.45, 2.75) is 45.1 Å². The number of fused-ring (bicyclic) bond motifs is 2. The maximum atomic E-state index is 13.5. The number of rotatable bonds is 4. The lowest BCUT2D eigenvalue weighted by Gasteiger charge is -2.45. The normalized spacial score (nSPS) is 18.2. The lowest BCUT2D eigenvalue weighted by molar-refractivity contribution is 0.0358. The highest BCUT2D eigenvalue weighted by molar-refractivity contribution is 5.98. The van der Waals surface area contributed by atoms with Gasteiger partial charge in [0.25, 0.3) is 5.91 Å². The largest absolute Gasteiger partial charge is 0.497 e. The van der Waals surface area contributed by atoms with Crippen molar-refractivity contribution in [1.82, 2.24) is 14.8 Å². The molecule has 41 heavy (non-hydrogen) atoms.